The number of hydrogen-bond acceptors (Lipinski definition) is 2. The molecular weight excluding hydrogens is 434 g/mol. The zero-order chi connectivity index (χ0) is 17.3. The Labute approximate surface area is 158 Å². The number of nitrogens with zero attached hydrogens (tertiary/aromatic N) is 1. The van der Waals surface area contributed by atoms with Crippen molar-refractivity contribution < 1.29 is 17.9 Å². The first-order valence-corrected chi connectivity index (χ1v) is 7.54. The number of rotatable bonds is 7. The third-order valence-corrected chi connectivity index (χ3v) is 2.92. The predicted octanol–water partition coefficient (Wildman–Crippen LogP) is 3.96. The van der Waals surface area contributed by atoms with E-state index in [0.717, 1.165) is 11.3 Å². The smallest absolute Gasteiger partial charge is 0.390 e. The standard InChI is InChI=1S/C16H24F3N3O.HI/c1-12(2)11-23-14-7-5-4-6-13(14)10-22-15(20-3)21-9-8-16(17,18)19;/h4-7,12H,8-11H2,1-3H3,(H2,20,21,22);1H. The molecule has 0 spiro atoms. The van der Waals surface area contributed by atoms with Crippen molar-refractivity contribution in [2.45, 2.75) is 33.0 Å². The van der Waals surface area contributed by atoms with Gasteiger partial charge in [0.05, 0.1) is 13.0 Å². The summed E-state index contributed by atoms with van der Waals surface area (Å²) < 4.78 is 42.2. The summed E-state index contributed by atoms with van der Waals surface area (Å²) in [6, 6.07) is 7.56. The quantitative estimate of drug-likeness (QED) is 0.369. The molecule has 0 aromatic heterocycles. The summed E-state index contributed by atoms with van der Waals surface area (Å²) in [5, 5.41) is 5.64. The van der Waals surface area contributed by atoms with Gasteiger partial charge in [-0.15, -0.1) is 24.0 Å². The summed E-state index contributed by atoms with van der Waals surface area (Å²) in [4.78, 5) is 3.91. The molecule has 0 amide bonds. The molecule has 4 nitrogen and oxygen atoms in total. The molecule has 0 aliphatic rings. The molecule has 0 aliphatic heterocycles. The van der Waals surface area contributed by atoms with Crippen LogP contribution < -0.4 is 15.4 Å². The topological polar surface area (TPSA) is 45.7 Å². The molecule has 0 heterocycles. The third kappa shape index (κ3) is 9.84. The van der Waals surface area contributed by atoms with Gasteiger partial charge in [0.1, 0.15) is 5.75 Å². The van der Waals surface area contributed by atoms with E-state index in [9.17, 15) is 13.2 Å². The maximum absolute atomic E-state index is 12.1. The van der Waals surface area contributed by atoms with Crippen LogP contribution in [-0.2, 0) is 6.54 Å². The molecule has 0 fully saturated rings. The fourth-order valence-corrected chi connectivity index (χ4v) is 1.77. The second-order valence-corrected chi connectivity index (χ2v) is 5.53. The molecule has 24 heavy (non-hydrogen) atoms. The third-order valence-electron chi connectivity index (χ3n) is 2.92. The Hall–Kier alpha value is -1.19. The lowest BCUT2D eigenvalue weighted by atomic mass is 10.2. The van der Waals surface area contributed by atoms with Crippen molar-refractivity contribution >= 4 is 29.9 Å². The van der Waals surface area contributed by atoms with Crippen molar-refractivity contribution in [2.24, 2.45) is 10.9 Å². The van der Waals surface area contributed by atoms with E-state index in [-0.39, 0.29) is 30.5 Å². The molecule has 0 bridgehead atoms. The number of nitrogens with one attached hydrogen (secondary N) is 2. The van der Waals surface area contributed by atoms with E-state index in [1.165, 1.54) is 7.05 Å². The van der Waals surface area contributed by atoms with Crippen LogP contribution in [-0.4, -0.2) is 32.3 Å². The largest absolute Gasteiger partial charge is 0.493 e. The van der Waals surface area contributed by atoms with Crippen LogP contribution in [0.5, 0.6) is 5.75 Å². The van der Waals surface area contributed by atoms with Gasteiger partial charge in [-0.3, -0.25) is 4.99 Å². The van der Waals surface area contributed by atoms with Gasteiger partial charge in [-0.25, -0.2) is 0 Å². The van der Waals surface area contributed by atoms with E-state index in [2.05, 4.69) is 29.5 Å². The van der Waals surface area contributed by atoms with Crippen molar-refractivity contribution in [3.63, 3.8) is 0 Å². The van der Waals surface area contributed by atoms with Crippen LogP contribution in [0.25, 0.3) is 0 Å². The molecule has 0 unspecified atom stereocenters. The minimum atomic E-state index is -4.18. The number of ether oxygens (including phenoxy) is 1. The van der Waals surface area contributed by atoms with Crippen molar-refractivity contribution in [2.75, 3.05) is 20.2 Å². The molecule has 0 aliphatic carbocycles. The fraction of sp³-hybridized carbons (Fsp3) is 0.562. The van der Waals surface area contributed by atoms with Crippen LogP contribution in [0.4, 0.5) is 13.2 Å². The van der Waals surface area contributed by atoms with E-state index < -0.39 is 12.6 Å². The minimum absolute atomic E-state index is 0. The van der Waals surface area contributed by atoms with E-state index in [0.29, 0.717) is 25.0 Å². The van der Waals surface area contributed by atoms with Crippen molar-refractivity contribution in [1.29, 1.82) is 0 Å². The summed E-state index contributed by atoms with van der Waals surface area (Å²) in [7, 11) is 1.52. The van der Waals surface area contributed by atoms with Crippen LogP contribution >= 0.6 is 24.0 Å². The molecule has 0 radical (unpaired) electrons. The van der Waals surface area contributed by atoms with Gasteiger partial charge in [0, 0.05) is 25.7 Å². The van der Waals surface area contributed by atoms with Gasteiger partial charge in [0.15, 0.2) is 5.96 Å². The Morgan fingerprint density at radius 3 is 2.46 bits per heavy atom. The summed E-state index contributed by atoms with van der Waals surface area (Å²) >= 11 is 0. The first kappa shape index (κ1) is 22.8. The van der Waals surface area contributed by atoms with Crippen LogP contribution in [0.1, 0.15) is 25.8 Å². The molecule has 1 aromatic rings. The molecule has 0 atom stereocenters. The van der Waals surface area contributed by atoms with Crippen molar-refractivity contribution in [3.8, 4) is 5.75 Å². The minimum Gasteiger partial charge on any atom is -0.493 e. The van der Waals surface area contributed by atoms with Crippen molar-refractivity contribution in [3.05, 3.63) is 29.8 Å². The van der Waals surface area contributed by atoms with Gasteiger partial charge < -0.3 is 15.4 Å². The summed E-state index contributed by atoms with van der Waals surface area (Å²) in [6.45, 7) is 4.94. The van der Waals surface area contributed by atoms with E-state index in [1.807, 2.05) is 24.3 Å². The Morgan fingerprint density at radius 2 is 1.88 bits per heavy atom. The summed E-state index contributed by atoms with van der Waals surface area (Å²) in [5.74, 6) is 1.50. The number of halogens is 4. The number of para-hydroxylation sites is 1. The highest BCUT2D eigenvalue weighted by molar-refractivity contribution is 14.0. The number of benzene rings is 1. The summed E-state index contributed by atoms with van der Waals surface area (Å²) in [5.41, 5.74) is 0.923. The average Bonchev–Trinajstić information content (AvgIpc) is 2.48. The number of guanidine groups is 1. The molecule has 1 rings (SSSR count). The van der Waals surface area contributed by atoms with Gasteiger partial charge in [-0.2, -0.15) is 13.2 Å². The van der Waals surface area contributed by atoms with Crippen LogP contribution in [0.15, 0.2) is 29.3 Å². The Bertz CT molecular complexity index is 508. The number of aliphatic imine (C=N–C) groups is 1. The van der Waals surface area contributed by atoms with Gasteiger partial charge in [-0.05, 0) is 12.0 Å². The molecular formula is C16H25F3IN3O. The predicted molar refractivity (Wildman–Crippen MR) is 101 cm³/mol. The average molecular weight is 459 g/mol. The maximum Gasteiger partial charge on any atom is 0.390 e. The lowest BCUT2D eigenvalue weighted by Gasteiger charge is -2.16. The van der Waals surface area contributed by atoms with E-state index in [4.69, 9.17) is 4.74 Å². The Balaban J connectivity index is 0.00000529. The highest BCUT2D eigenvalue weighted by Crippen LogP contribution is 2.19. The normalized spacial score (nSPS) is 11.9. The fourth-order valence-electron chi connectivity index (χ4n) is 1.77. The van der Waals surface area contributed by atoms with Crippen LogP contribution in [0.3, 0.4) is 0 Å². The summed E-state index contributed by atoms with van der Waals surface area (Å²) in [6.07, 6.45) is -5.08. The Morgan fingerprint density at radius 1 is 1.21 bits per heavy atom. The van der Waals surface area contributed by atoms with Crippen LogP contribution in [0, 0.1) is 5.92 Å². The molecule has 138 valence electrons. The first-order valence-electron chi connectivity index (χ1n) is 7.54. The van der Waals surface area contributed by atoms with E-state index >= 15 is 0 Å². The number of hydrogen-bond donors (Lipinski definition) is 2. The van der Waals surface area contributed by atoms with Gasteiger partial charge in [0.2, 0.25) is 0 Å². The second-order valence-electron chi connectivity index (χ2n) is 5.53. The van der Waals surface area contributed by atoms with E-state index in [1.54, 1.807) is 0 Å². The molecule has 0 saturated heterocycles. The first-order chi connectivity index (χ1) is 10.8. The Kier molecular flexibility index (Phi) is 10.8. The van der Waals surface area contributed by atoms with Crippen LogP contribution in [0.2, 0.25) is 0 Å². The number of alkyl halides is 3. The highest BCUT2D eigenvalue weighted by atomic mass is 127. The monoisotopic (exact) mass is 459 g/mol. The lowest BCUT2D eigenvalue weighted by molar-refractivity contribution is -0.132. The molecule has 1 aromatic carbocycles. The SMILES string of the molecule is CN=C(NCCC(F)(F)F)NCc1ccccc1OCC(C)C.I. The maximum atomic E-state index is 12.1. The zero-order valence-corrected chi connectivity index (χ0v) is 16.4. The molecule has 8 heteroatoms. The van der Waals surface area contributed by atoms with Gasteiger partial charge >= 0.3 is 6.18 Å². The molecule has 0 saturated carbocycles. The van der Waals surface area contributed by atoms with Gasteiger partial charge in [-0.1, -0.05) is 32.0 Å². The lowest BCUT2D eigenvalue weighted by Crippen LogP contribution is -2.38. The zero-order valence-electron chi connectivity index (χ0n) is 14.1. The highest BCUT2D eigenvalue weighted by Gasteiger charge is 2.26. The molecule has 2 N–H and O–H groups in total. The van der Waals surface area contributed by atoms with Crippen molar-refractivity contribution in [1.82, 2.24) is 10.6 Å². The van der Waals surface area contributed by atoms with Gasteiger partial charge in [0.25, 0.3) is 0 Å². The second kappa shape index (κ2) is 11.4.